The van der Waals surface area contributed by atoms with Gasteiger partial charge in [0.25, 0.3) is 0 Å². The molecule has 5 nitrogen and oxygen atoms in total. The molecule has 0 amide bonds. The third kappa shape index (κ3) is 3.52. The summed E-state index contributed by atoms with van der Waals surface area (Å²) in [6.45, 7) is 0. The first-order valence-electron chi connectivity index (χ1n) is 10.4. The first-order chi connectivity index (χ1) is 15.1. The van der Waals surface area contributed by atoms with E-state index in [9.17, 15) is 9.90 Å². The van der Waals surface area contributed by atoms with E-state index in [1.54, 1.807) is 12.1 Å². The maximum atomic E-state index is 13.5. The van der Waals surface area contributed by atoms with Crippen molar-refractivity contribution < 1.29 is 14.6 Å². The van der Waals surface area contributed by atoms with Crippen LogP contribution in [0.5, 0.6) is 11.5 Å². The second-order valence-corrected chi connectivity index (χ2v) is 8.01. The van der Waals surface area contributed by atoms with E-state index in [1.807, 2.05) is 48.5 Å². The molecule has 0 fully saturated rings. The van der Waals surface area contributed by atoms with Crippen LogP contribution in [0.1, 0.15) is 29.5 Å². The van der Waals surface area contributed by atoms with Crippen molar-refractivity contribution in [3.05, 3.63) is 95.7 Å². The lowest BCUT2D eigenvalue weighted by atomic mass is 9.76. The number of para-hydroxylation sites is 2. The van der Waals surface area contributed by atoms with Crippen molar-refractivity contribution in [2.45, 2.75) is 18.4 Å². The summed E-state index contributed by atoms with van der Waals surface area (Å²) in [6, 6.07) is 23.1. The van der Waals surface area contributed by atoms with Crippen molar-refractivity contribution in [3.63, 3.8) is 0 Å². The number of carbonyl (C=O) groups excluding carboxylic acids is 1. The number of ketones is 1. The molecule has 5 heteroatoms. The fourth-order valence-electron chi connectivity index (χ4n) is 4.60. The summed E-state index contributed by atoms with van der Waals surface area (Å²) in [5, 5.41) is 17.4. The number of anilines is 2. The Morgan fingerprint density at radius 2 is 1.68 bits per heavy atom. The van der Waals surface area contributed by atoms with Gasteiger partial charge < -0.3 is 20.5 Å². The topological polar surface area (TPSA) is 70.6 Å². The van der Waals surface area contributed by atoms with Gasteiger partial charge in [0.2, 0.25) is 0 Å². The van der Waals surface area contributed by atoms with Crippen molar-refractivity contribution in [2.24, 2.45) is 5.92 Å². The zero-order valence-corrected chi connectivity index (χ0v) is 17.2. The lowest BCUT2D eigenvalue weighted by Gasteiger charge is -2.32. The molecule has 2 aliphatic rings. The fraction of sp³-hybridized carbons (Fsp3) is 0.192. The summed E-state index contributed by atoms with van der Waals surface area (Å²) in [5.41, 5.74) is 4.71. The molecule has 1 heterocycles. The number of fused-ring (bicyclic) bond motifs is 2. The van der Waals surface area contributed by atoms with E-state index in [0.29, 0.717) is 12.2 Å². The number of hydrogen-bond donors (Lipinski definition) is 3. The van der Waals surface area contributed by atoms with E-state index in [4.69, 9.17) is 4.74 Å². The minimum Gasteiger partial charge on any atom is -0.504 e. The molecule has 0 spiro atoms. The summed E-state index contributed by atoms with van der Waals surface area (Å²) in [4.78, 5) is 13.5. The molecule has 3 aromatic rings. The monoisotopic (exact) mass is 412 g/mol. The molecule has 31 heavy (non-hydrogen) atoms. The Labute approximate surface area is 181 Å². The van der Waals surface area contributed by atoms with Gasteiger partial charge in [0, 0.05) is 18.0 Å². The predicted molar refractivity (Wildman–Crippen MR) is 121 cm³/mol. The molecule has 3 atom stereocenters. The molecule has 0 saturated carbocycles. The lowest BCUT2D eigenvalue weighted by molar-refractivity contribution is -0.122. The van der Waals surface area contributed by atoms with E-state index in [-0.39, 0.29) is 29.4 Å². The molecule has 1 aliphatic carbocycles. The minimum absolute atomic E-state index is 0.0302. The largest absolute Gasteiger partial charge is 0.504 e. The van der Waals surface area contributed by atoms with Crippen LogP contribution in [0.2, 0.25) is 0 Å². The fourth-order valence-corrected chi connectivity index (χ4v) is 4.60. The van der Waals surface area contributed by atoms with Crippen molar-refractivity contribution in [3.8, 4) is 11.5 Å². The average Bonchev–Trinajstić information content (AvgIpc) is 2.96. The van der Waals surface area contributed by atoms with Crippen LogP contribution < -0.4 is 15.4 Å². The van der Waals surface area contributed by atoms with E-state index in [2.05, 4.69) is 28.8 Å². The molecule has 3 N–H and O–H groups in total. The van der Waals surface area contributed by atoms with E-state index in [0.717, 1.165) is 28.2 Å². The average molecular weight is 412 g/mol. The van der Waals surface area contributed by atoms with Crippen molar-refractivity contribution in [1.29, 1.82) is 0 Å². The highest BCUT2D eigenvalue weighted by Gasteiger charge is 2.40. The molecular weight excluding hydrogens is 388 g/mol. The number of carbonyl (C=O) groups is 1. The zero-order chi connectivity index (χ0) is 21.4. The summed E-state index contributed by atoms with van der Waals surface area (Å²) < 4.78 is 5.20. The van der Waals surface area contributed by atoms with Crippen LogP contribution in [-0.2, 0) is 4.79 Å². The highest BCUT2D eigenvalue weighted by molar-refractivity contribution is 5.90. The van der Waals surface area contributed by atoms with Crippen molar-refractivity contribution >= 4 is 17.2 Å². The van der Waals surface area contributed by atoms with E-state index >= 15 is 0 Å². The Morgan fingerprint density at radius 3 is 2.42 bits per heavy atom. The highest BCUT2D eigenvalue weighted by atomic mass is 16.5. The van der Waals surface area contributed by atoms with Crippen LogP contribution in [0.15, 0.2) is 84.6 Å². The molecule has 0 bridgehead atoms. The smallest absolute Gasteiger partial charge is 0.160 e. The van der Waals surface area contributed by atoms with Crippen molar-refractivity contribution in [2.75, 3.05) is 17.7 Å². The molecule has 1 aliphatic heterocycles. The maximum Gasteiger partial charge on any atom is 0.160 e. The van der Waals surface area contributed by atoms with Crippen molar-refractivity contribution in [1.82, 2.24) is 0 Å². The second-order valence-electron chi connectivity index (χ2n) is 8.01. The highest BCUT2D eigenvalue weighted by Crippen LogP contribution is 2.45. The van der Waals surface area contributed by atoms with E-state index in [1.165, 1.54) is 7.11 Å². The number of benzene rings is 3. The maximum absolute atomic E-state index is 13.5. The van der Waals surface area contributed by atoms with Gasteiger partial charge in [-0.15, -0.1) is 0 Å². The zero-order valence-electron chi connectivity index (χ0n) is 17.2. The van der Waals surface area contributed by atoms with Gasteiger partial charge in [-0.1, -0.05) is 54.6 Å². The van der Waals surface area contributed by atoms with Gasteiger partial charge >= 0.3 is 0 Å². The Bertz CT molecular complexity index is 1160. The molecule has 0 aromatic heterocycles. The minimum atomic E-state index is -0.389. The number of ether oxygens (including phenoxy) is 1. The second kappa shape index (κ2) is 7.84. The Morgan fingerprint density at radius 1 is 0.935 bits per heavy atom. The molecule has 0 radical (unpaired) electrons. The van der Waals surface area contributed by atoms with Gasteiger partial charge in [-0.05, 0) is 35.4 Å². The van der Waals surface area contributed by atoms with Crippen LogP contribution in [-0.4, -0.2) is 18.0 Å². The third-order valence-electron chi connectivity index (χ3n) is 6.12. The molecule has 0 saturated heterocycles. The number of methoxy groups -OCH3 is 1. The van der Waals surface area contributed by atoms with Gasteiger partial charge in [0.1, 0.15) is 5.78 Å². The number of hydrogen-bond acceptors (Lipinski definition) is 5. The molecule has 5 rings (SSSR count). The quantitative estimate of drug-likeness (QED) is 0.549. The van der Waals surface area contributed by atoms with Gasteiger partial charge in [-0.2, -0.15) is 0 Å². The first kappa shape index (κ1) is 19.2. The van der Waals surface area contributed by atoms with Crippen LogP contribution >= 0.6 is 0 Å². The van der Waals surface area contributed by atoms with Gasteiger partial charge in [0.15, 0.2) is 11.5 Å². The van der Waals surface area contributed by atoms with Gasteiger partial charge in [-0.25, -0.2) is 0 Å². The Balaban J connectivity index is 1.62. The predicted octanol–water partition coefficient (Wildman–Crippen LogP) is 5.24. The summed E-state index contributed by atoms with van der Waals surface area (Å²) >= 11 is 0. The summed E-state index contributed by atoms with van der Waals surface area (Å²) in [5.74, 6) is 0.274. The normalized spacial score (nSPS) is 22.2. The Kier molecular flexibility index (Phi) is 4.86. The number of allylic oxidation sites excluding steroid dienone is 1. The number of aromatic hydroxyl groups is 1. The molecule has 156 valence electrons. The SMILES string of the molecule is COc1ccc(C2Nc3ccccc3NC3=CC(c4ccccc4)CC(=O)C32)cc1O. The van der Waals surface area contributed by atoms with Crippen LogP contribution in [0.25, 0.3) is 0 Å². The van der Waals surface area contributed by atoms with Crippen LogP contribution in [0.3, 0.4) is 0 Å². The number of nitrogens with one attached hydrogen (secondary N) is 2. The van der Waals surface area contributed by atoms with Crippen LogP contribution in [0.4, 0.5) is 11.4 Å². The Hall–Kier alpha value is -3.73. The van der Waals surface area contributed by atoms with Crippen LogP contribution in [0, 0.1) is 5.92 Å². The summed E-state index contributed by atoms with van der Waals surface area (Å²) in [6.07, 6.45) is 2.62. The van der Waals surface area contributed by atoms with E-state index < -0.39 is 0 Å². The molecule has 3 unspecified atom stereocenters. The molecular formula is C26H24N2O3. The van der Waals surface area contributed by atoms with Gasteiger partial charge in [0.05, 0.1) is 30.4 Å². The number of Topliss-reactive ketones (excluding diaryl/α,β-unsaturated/α-hetero) is 1. The van der Waals surface area contributed by atoms with Gasteiger partial charge in [-0.3, -0.25) is 4.79 Å². The third-order valence-corrected chi connectivity index (χ3v) is 6.12. The number of phenolic OH excluding ortho intramolecular Hbond substituents is 1. The standard InChI is InChI=1S/C26H24N2O3/c1-31-24-12-11-17(14-22(24)29)26-25-21(27-19-9-5-6-10-20(19)28-26)13-18(15-23(25)30)16-7-3-2-4-8-16/h2-14,18,25-29H,15H2,1H3. The summed E-state index contributed by atoms with van der Waals surface area (Å²) in [7, 11) is 1.52. The number of phenols is 1. The lowest BCUT2D eigenvalue weighted by Crippen LogP contribution is -2.33. The first-order valence-corrected chi connectivity index (χ1v) is 10.4. The molecule has 3 aromatic carbocycles. The number of rotatable bonds is 3.